The number of aromatic nitrogens is 1. The molecule has 0 bridgehead atoms. The number of nitrogens with zero attached hydrogens (tertiary/aromatic N) is 2. The first kappa shape index (κ1) is 11.4. The van der Waals surface area contributed by atoms with E-state index in [1.54, 1.807) is 11.3 Å². The van der Waals surface area contributed by atoms with Crippen molar-refractivity contribution in [3.05, 3.63) is 11.1 Å². The maximum absolute atomic E-state index is 11.9. The van der Waals surface area contributed by atoms with Crippen LogP contribution >= 0.6 is 11.3 Å². The monoisotopic (exact) mass is 239 g/mol. The van der Waals surface area contributed by atoms with E-state index < -0.39 is 0 Å². The van der Waals surface area contributed by atoms with E-state index in [-0.39, 0.29) is 5.91 Å². The summed E-state index contributed by atoms with van der Waals surface area (Å²) in [6.45, 7) is 1.84. The molecule has 2 rings (SSSR count). The highest BCUT2D eigenvalue weighted by atomic mass is 32.1. The molecule has 1 aromatic rings. The molecule has 0 atom stereocenters. The minimum Gasteiger partial charge on any atom is -0.365 e. The summed E-state index contributed by atoms with van der Waals surface area (Å²) in [6, 6.07) is 0. The lowest BCUT2D eigenvalue weighted by Crippen LogP contribution is -2.36. The Bertz CT molecular complexity index is 358. The normalized spacial score (nSPS) is 16.2. The number of hydrogen-bond acceptors (Lipinski definition) is 4. The lowest BCUT2D eigenvalue weighted by molar-refractivity contribution is -0.131. The molecule has 0 radical (unpaired) electrons. The first-order valence-electron chi connectivity index (χ1n) is 5.69. The molecule has 0 aliphatic carbocycles. The number of carbonyl (C=O) groups excluding carboxylic acids is 1. The van der Waals surface area contributed by atoms with E-state index in [9.17, 15) is 4.79 Å². The molecule has 4 nitrogen and oxygen atoms in total. The highest BCUT2D eigenvalue weighted by Gasteiger charge is 2.17. The SMILES string of the molecule is CNc1nc(CC(=O)N2CCCCC2)cs1. The molecule has 1 fully saturated rings. The summed E-state index contributed by atoms with van der Waals surface area (Å²) in [4.78, 5) is 18.2. The summed E-state index contributed by atoms with van der Waals surface area (Å²) in [5.41, 5.74) is 0.880. The van der Waals surface area contributed by atoms with Crippen molar-refractivity contribution in [2.24, 2.45) is 0 Å². The van der Waals surface area contributed by atoms with E-state index in [0.29, 0.717) is 6.42 Å². The van der Waals surface area contributed by atoms with Gasteiger partial charge in [-0.1, -0.05) is 0 Å². The third kappa shape index (κ3) is 2.72. The zero-order valence-electron chi connectivity index (χ0n) is 9.53. The molecule has 2 heterocycles. The Balaban J connectivity index is 1.90. The van der Waals surface area contributed by atoms with Gasteiger partial charge in [0.05, 0.1) is 12.1 Å². The predicted molar refractivity (Wildman–Crippen MR) is 65.8 cm³/mol. The van der Waals surface area contributed by atoms with Crippen molar-refractivity contribution in [3.63, 3.8) is 0 Å². The maximum Gasteiger partial charge on any atom is 0.228 e. The average Bonchev–Trinajstić information content (AvgIpc) is 2.78. The lowest BCUT2D eigenvalue weighted by Gasteiger charge is -2.26. The second kappa shape index (κ2) is 5.30. The van der Waals surface area contributed by atoms with Crippen LogP contribution in [-0.2, 0) is 11.2 Å². The Morgan fingerprint density at radius 1 is 1.50 bits per heavy atom. The number of likely N-dealkylation sites (tertiary alicyclic amines) is 1. The van der Waals surface area contributed by atoms with Crippen LogP contribution in [0.5, 0.6) is 0 Å². The molecule has 0 saturated carbocycles. The topological polar surface area (TPSA) is 45.2 Å². The summed E-state index contributed by atoms with van der Waals surface area (Å²) in [5.74, 6) is 0.215. The van der Waals surface area contributed by atoms with Crippen molar-refractivity contribution in [2.45, 2.75) is 25.7 Å². The molecule has 88 valence electrons. The Labute approximate surface area is 99.7 Å². The van der Waals surface area contributed by atoms with E-state index in [2.05, 4.69) is 10.3 Å². The van der Waals surface area contributed by atoms with Crippen molar-refractivity contribution in [2.75, 3.05) is 25.5 Å². The molecular formula is C11H17N3OS. The average molecular weight is 239 g/mol. The molecular weight excluding hydrogens is 222 g/mol. The van der Waals surface area contributed by atoms with Crippen molar-refractivity contribution in [1.82, 2.24) is 9.88 Å². The molecule has 0 unspecified atom stereocenters. The number of hydrogen-bond donors (Lipinski definition) is 1. The highest BCUT2D eigenvalue weighted by molar-refractivity contribution is 7.13. The Hall–Kier alpha value is -1.10. The summed E-state index contributed by atoms with van der Waals surface area (Å²) in [5, 5.41) is 5.81. The number of nitrogens with one attached hydrogen (secondary N) is 1. The molecule has 5 heteroatoms. The fraction of sp³-hybridized carbons (Fsp3) is 0.636. The van der Waals surface area contributed by atoms with E-state index >= 15 is 0 Å². The second-order valence-corrected chi connectivity index (χ2v) is 4.87. The molecule has 0 aromatic carbocycles. The van der Waals surface area contributed by atoms with Crippen LogP contribution in [0.1, 0.15) is 25.0 Å². The zero-order valence-corrected chi connectivity index (χ0v) is 10.3. The Morgan fingerprint density at radius 2 is 2.25 bits per heavy atom. The maximum atomic E-state index is 11.9. The summed E-state index contributed by atoms with van der Waals surface area (Å²) in [7, 11) is 1.84. The number of piperidine rings is 1. The first-order chi connectivity index (χ1) is 7.79. The van der Waals surface area contributed by atoms with Crippen LogP contribution in [0, 0.1) is 0 Å². The minimum atomic E-state index is 0.215. The van der Waals surface area contributed by atoms with Gasteiger partial charge in [0.25, 0.3) is 0 Å². The zero-order chi connectivity index (χ0) is 11.4. The quantitative estimate of drug-likeness (QED) is 0.874. The van der Waals surface area contributed by atoms with Gasteiger partial charge in [-0.05, 0) is 19.3 Å². The van der Waals surface area contributed by atoms with Gasteiger partial charge in [-0.15, -0.1) is 11.3 Å². The molecule has 1 aromatic heterocycles. The van der Waals surface area contributed by atoms with Gasteiger partial charge in [-0.3, -0.25) is 4.79 Å². The third-order valence-electron chi connectivity index (χ3n) is 2.81. The van der Waals surface area contributed by atoms with Crippen LogP contribution in [0.15, 0.2) is 5.38 Å². The molecule has 0 spiro atoms. The number of amides is 1. The minimum absolute atomic E-state index is 0.215. The molecule has 1 amide bonds. The van der Waals surface area contributed by atoms with E-state index in [1.807, 2.05) is 17.3 Å². The number of rotatable bonds is 3. The van der Waals surface area contributed by atoms with E-state index in [1.165, 1.54) is 6.42 Å². The van der Waals surface area contributed by atoms with Crippen LogP contribution in [0.4, 0.5) is 5.13 Å². The fourth-order valence-corrected chi connectivity index (χ4v) is 2.58. The number of thiazole rings is 1. The van der Waals surface area contributed by atoms with Gasteiger partial charge in [-0.2, -0.15) is 0 Å². The number of carbonyl (C=O) groups is 1. The van der Waals surface area contributed by atoms with Gasteiger partial charge < -0.3 is 10.2 Å². The second-order valence-electron chi connectivity index (χ2n) is 4.01. The van der Waals surface area contributed by atoms with Crippen molar-refractivity contribution in [1.29, 1.82) is 0 Å². The van der Waals surface area contributed by atoms with Gasteiger partial charge >= 0.3 is 0 Å². The smallest absolute Gasteiger partial charge is 0.228 e. The van der Waals surface area contributed by atoms with Crippen LogP contribution in [0.25, 0.3) is 0 Å². The largest absolute Gasteiger partial charge is 0.365 e. The lowest BCUT2D eigenvalue weighted by atomic mass is 10.1. The summed E-state index contributed by atoms with van der Waals surface area (Å²) < 4.78 is 0. The molecule has 1 saturated heterocycles. The van der Waals surface area contributed by atoms with Crippen molar-refractivity contribution < 1.29 is 4.79 Å². The number of anilines is 1. The molecule has 1 N–H and O–H groups in total. The molecule has 1 aliphatic heterocycles. The van der Waals surface area contributed by atoms with Crippen LogP contribution < -0.4 is 5.32 Å². The predicted octanol–water partition coefficient (Wildman–Crippen LogP) is 1.74. The van der Waals surface area contributed by atoms with Gasteiger partial charge in [-0.25, -0.2) is 4.98 Å². The van der Waals surface area contributed by atoms with Gasteiger partial charge in [0.1, 0.15) is 0 Å². The van der Waals surface area contributed by atoms with Crippen molar-refractivity contribution in [3.8, 4) is 0 Å². The Kier molecular flexibility index (Phi) is 3.77. The van der Waals surface area contributed by atoms with Gasteiger partial charge in [0, 0.05) is 25.5 Å². The molecule has 16 heavy (non-hydrogen) atoms. The summed E-state index contributed by atoms with van der Waals surface area (Å²) in [6.07, 6.45) is 3.98. The van der Waals surface area contributed by atoms with E-state index in [4.69, 9.17) is 0 Å². The van der Waals surface area contributed by atoms with Crippen LogP contribution in [-0.4, -0.2) is 35.9 Å². The fourth-order valence-electron chi connectivity index (χ4n) is 1.91. The first-order valence-corrected chi connectivity index (χ1v) is 6.57. The van der Waals surface area contributed by atoms with Crippen LogP contribution in [0.3, 0.4) is 0 Å². The van der Waals surface area contributed by atoms with E-state index in [0.717, 1.165) is 36.8 Å². The van der Waals surface area contributed by atoms with Crippen molar-refractivity contribution >= 4 is 22.4 Å². The van der Waals surface area contributed by atoms with Crippen LogP contribution in [0.2, 0.25) is 0 Å². The standard InChI is InChI=1S/C11H17N3OS/c1-12-11-13-9(8-16-11)7-10(15)14-5-3-2-4-6-14/h8H,2-7H2,1H3,(H,12,13). The third-order valence-corrected chi connectivity index (χ3v) is 3.72. The highest BCUT2D eigenvalue weighted by Crippen LogP contribution is 2.16. The van der Waals surface area contributed by atoms with Gasteiger partial charge in [0.15, 0.2) is 5.13 Å². The molecule has 1 aliphatic rings. The Morgan fingerprint density at radius 3 is 2.88 bits per heavy atom. The van der Waals surface area contributed by atoms with Gasteiger partial charge in [0.2, 0.25) is 5.91 Å². The summed E-state index contributed by atoms with van der Waals surface area (Å²) >= 11 is 1.55.